The van der Waals surface area contributed by atoms with Gasteiger partial charge in [-0.3, -0.25) is 4.79 Å². The summed E-state index contributed by atoms with van der Waals surface area (Å²) in [6.07, 6.45) is 1.43. The molecule has 22 heavy (non-hydrogen) atoms. The molecule has 0 aliphatic carbocycles. The zero-order chi connectivity index (χ0) is 16.1. The molecule has 0 aromatic heterocycles. The van der Waals surface area contributed by atoms with Gasteiger partial charge in [0.25, 0.3) is 0 Å². The number of halogens is 1. The fraction of sp³-hybridized carbons (Fsp3) is 0.562. The van der Waals surface area contributed by atoms with Crippen LogP contribution in [0.2, 0.25) is 5.02 Å². The van der Waals surface area contributed by atoms with Crippen LogP contribution in [0.1, 0.15) is 26.2 Å². The number of carbonyl (C=O) groups excluding carboxylic acids is 1. The van der Waals surface area contributed by atoms with Gasteiger partial charge in [-0.2, -0.15) is 0 Å². The predicted octanol–water partition coefficient (Wildman–Crippen LogP) is 2.52. The summed E-state index contributed by atoms with van der Waals surface area (Å²) in [5.74, 6) is 0.805. The first kappa shape index (κ1) is 16.9. The number of nitrogens with one attached hydrogen (secondary N) is 1. The number of likely N-dealkylation sites (tertiary alicyclic amines) is 1. The van der Waals surface area contributed by atoms with E-state index in [9.17, 15) is 9.90 Å². The predicted molar refractivity (Wildman–Crippen MR) is 87.5 cm³/mol. The summed E-state index contributed by atoms with van der Waals surface area (Å²) >= 11 is 5.98. The van der Waals surface area contributed by atoms with E-state index in [4.69, 9.17) is 16.3 Å². The summed E-state index contributed by atoms with van der Waals surface area (Å²) in [4.78, 5) is 14.1. The average Bonchev–Trinajstić information content (AvgIpc) is 2.47. The summed E-state index contributed by atoms with van der Waals surface area (Å²) in [5.41, 5.74) is 0.782. The summed E-state index contributed by atoms with van der Waals surface area (Å²) < 4.78 is 5.26. The summed E-state index contributed by atoms with van der Waals surface area (Å²) in [6, 6.07) is 5.43. The Morgan fingerprint density at radius 1 is 1.55 bits per heavy atom. The molecule has 122 valence electrons. The van der Waals surface area contributed by atoms with Crippen molar-refractivity contribution >= 4 is 23.2 Å². The Labute approximate surface area is 136 Å². The van der Waals surface area contributed by atoms with Crippen molar-refractivity contribution in [2.75, 3.05) is 25.5 Å². The van der Waals surface area contributed by atoms with E-state index in [1.165, 1.54) is 0 Å². The molecule has 1 aromatic rings. The summed E-state index contributed by atoms with van der Waals surface area (Å²) in [6.45, 7) is 3.12. The number of nitrogens with zero attached hydrogens (tertiary/aromatic N) is 1. The van der Waals surface area contributed by atoms with Crippen LogP contribution >= 0.6 is 11.6 Å². The Kier molecular flexibility index (Phi) is 5.91. The first-order valence-electron chi connectivity index (χ1n) is 7.56. The number of aliphatic hydroxyl groups excluding tert-OH is 1. The Bertz CT molecular complexity index is 524. The third-order valence-electron chi connectivity index (χ3n) is 3.98. The quantitative estimate of drug-likeness (QED) is 0.873. The molecular formula is C16H23ClN2O3. The van der Waals surface area contributed by atoms with Gasteiger partial charge in [0, 0.05) is 30.6 Å². The minimum atomic E-state index is -0.284. The van der Waals surface area contributed by atoms with E-state index >= 15 is 0 Å². The fourth-order valence-electron chi connectivity index (χ4n) is 2.78. The molecule has 2 rings (SSSR count). The second-order valence-electron chi connectivity index (χ2n) is 5.64. The van der Waals surface area contributed by atoms with E-state index in [0.717, 1.165) is 5.69 Å². The first-order chi connectivity index (χ1) is 10.5. The van der Waals surface area contributed by atoms with Gasteiger partial charge in [0.2, 0.25) is 5.91 Å². The Morgan fingerprint density at radius 2 is 2.32 bits per heavy atom. The van der Waals surface area contributed by atoms with Gasteiger partial charge in [-0.25, -0.2) is 0 Å². The molecule has 0 spiro atoms. The molecule has 1 saturated heterocycles. The van der Waals surface area contributed by atoms with Crippen molar-refractivity contribution in [3.05, 3.63) is 23.2 Å². The van der Waals surface area contributed by atoms with Gasteiger partial charge in [-0.1, -0.05) is 11.6 Å². The Morgan fingerprint density at radius 3 is 3.00 bits per heavy atom. The molecule has 2 atom stereocenters. The molecule has 1 aliphatic heterocycles. The van der Waals surface area contributed by atoms with Crippen molar-refractivity contribution < 1.29 is 14.6 Å². The molecule has 2 unspecified atom stereocenters. The molecule has 1 fully saturated rings. The second kappa shape index (κ2) is 7.70. The number of methoxy groups -OCH3 is 1. The highest BCUT2D eigenvalue weighted by molar-refractivity contribution is 6.30. The van der Waals surface area contributed by atoms with Gasteiger partial charge in [-0.15, -0.1) is 0 Å². The highest BCUT2D eigenvalue weighted by Gasteiger charge is 2.27. The van der Waals surface area contributed by atoms with Crippen molar-refractivity contribution in [3.8, 4) is 5.75 Å². The number of hydrogen-bond donors (Lipinski definition) is 2. The molecule has 1 aliphatic rings. The van der Waals surface area contributed by atoms with Gasteiger partial charge < -0.3 is 20.1 Å². The fourth-order valence-corrected chi connectivity index (χ4v) is 2.96. The molecule has 0 bridgehead atoms. The smallest absolute Gasteiger partial charge is 0.224 e. The largest absolute Gasteiger partial charge is 0.495 e. The van der Waals surface area contributed by atoms with Gasteiger partial charge in [0.05, 0.1) is 18.9 Å². The number of amides is 1. The van der Waals surface area contributed by atoms with Gasteiger partial charge in [0.15, 0.2) is 0 Å². The number of carbonyl (C=O) groups is 1. The van der Waals surface area contributed by atoms with Crippen LogP contribution in [0.3, 0.4) is 0 Å². The van der Waals surface area contributed by atoms with Crippen molar-refractivity contribution in [1.82, 2.24) is 4.90 Å². The van der Waals surface area contributed by atoms with Crippen LogP contribution in [0.5, 0.6) is 5.75 Å². The van der Waals surface area contributed by atoms with Crippen molar-refractivity contribution in [1.29, 1.82) is 0 Å². The minimum Gasteiger partial charge on any atom is -0.495 e. The number of anilines is 1. The summed E-state index contributed by atoms with van der Waals surface area (Å²) in [5, 5.41) is 13.4. The maximum atomic E-state index is 12.3. The molecule has 2 N–H and O–H groups in total. The van der Waals surface area contributed by atoms with Crippen molar-refractivity contribution in [2.45, 2.75) is 38.3 Å². The van der Waals surface area contributed by atoms with E-state index in [1.54, 1.807) is 25.3 Å². The number of piperidine rings is 1. The molecule has 0 radical (unpaired) electrons. The van der Waals surface area contributed by atoms with E-state index in [0.29, 0.717) is 43.1 Å². The minimum absolute atomic E-state index is 0.0944. The van der Waals surface area contributed by atoms with Crippen LogP contribution in [0.15, 0.2) is 18.2 Å². The lowest BCUT2D eigenvalue weighted by molar-refractivity contribution is -0.135. The molecule has 5 nitrogen and oxygen atoms in total. The van der Waals surface area contributed by atoms with Crippen LogP contribution in [-0.2, 0) is 4.79 Å². The molecular weight excluding hydrogens is 304 g/mol. The zero-order valence-corrected chi connectivity index (χ0v) is 13.8. The molecule has 1 amide bonds. The average molecular weight is 327 g/mol. The number of benzene rings is 1. The lowest BCUT2D eigenvalue weighted by Gasteiger charge is -2.36. The van der Waals surface area contributed by atoms with E-state index in [1.807, 2.05) is 11.8 Å². The SMILES string of the molecule is COc1ccc(Cl)cc1NCCC(=O)N1CCC(O)CC1C. The van der Waals surface area contributed by atoms with Crippen molar-refractivity contribution in [3.63, 3.8) is 0 Å². The van der Waals surface area contributed by atoms with Gasteiger partial charge in [0.1, 0.15) is 5.75 Å². The van der Waals surface area contributed by atoms with Crippen LogP contribution in [0.4, 0.5) is 5.69 Å². The molecule has 6 heteroatoms. The third-order valence-corrected chi connectivity index (χ3v) is 4.22. The maximum Gasteiger partial charge on any atom is 0.224 e. The lowest BCUT2D eigenvalue weighted by Crippen LogP contribution is -2.46. The zero-order valence-electron chi connectivity index (χ0n) is 13.0. The van der Waals surface area contributed by atoms with Gasteiger partial charge in [-0.05, 0) is 38.0 Å². The molecule has 0 saturated carbocycles. The maximum absolute atomic E-state index is 12.3. The number of hydrogen-bond acceptors (Lipinski definition) is 4. The van der Waals surface area contributed by atoms with Crippen LogP contribution in [-0.4, -0.2) is 48.3 Å². The lowest BCUT2D eigenvalue weighted by atomic mass is 10.0. The highest BCUT2D eigenvalue weighted by atomic mass is 35.5. The number of rotatable bonds is 5. The van der Waals surface area contributed by atoms with Crippen LogP contribution in [0, 0.1) is 0 Å². The topological polar surface area (TPSA) is 61.8 Å². The Balaban J connectivity index is 1.86. The normalized spacial score (nSPS) is 21.5. The standard InChI is InChI=1S/C16H23ClN2O3/c1-11-9-13(20)6-8-19(11)16(21)5-7-18-14-10-12(17)3-4-15(14)22-2/h3-4,10-11,13,18,20H,5-9H2,1-2H3. The number of aliphatic hydroxyl groups is 1. The van der Waals surface area contributed by atoms with E-state index in [2.05, 4.69) is 5.32 Å². The number of ether oxygens (including phenoxy) is 1. The molecule has 1 aromatic carbocycles. The monoisotopic (exact) mass is 326 g/mol. The summed E-state index contributed by atoms with van der Waals surface area (Å²) in [7, 11) is 1.60. The highest BCUT2D eigenvalue weighted by Crippen LogP contribution is 2.27. The first-order valence-corrected chi connectivity index (χ1v) is 7.94. The van der Waals surface area contributed by atoms with Crippen molar-refractivity contribution in [2.24, 2.45) is 0 Å². The van der Waals surface area contributed by atoms with E-state index < -0.39 is 0 Å². The third kappa shape index (κ3) is 4.27. The van der Waals surface area contributed by atoms with E-state index in [-0.39, 0.29) is 18.1 Å². The second-order valence-corrected chi connectivity index (χ2v) is 6.07. The van der Waals surface area contributed by atoms with Gasteiger partial charge >= 0.3 is 0 Å². The Hall–Kier alpha value is -1.46. The van der Waals surface area contributed by atoms with Crippen LogP contribution in [0.25, 0.3) is 0 Å². The molecule has 1 heterocycles. The van der Waals surface area contributed by atoms with Crippen LogP contribution < -0.4 is 10.1 Å².